The zero-order chi connectivity index (χ0) is 34.4. The van der Waals surface area contributed by atoms with Crippen LogP contribution in [0.4, 0.5) is 11.4 Å². The Hall–Kier alpha value is -4.44. The summed E-state index contributed by atoms with van der Waals surface area (Å²) in [5, 5.41) is 5.69. The van der Waals surface area contributed by atoms with Gasteiger partial charge in [-0.2, -0.15) is 8.61 Å². The van der Waals surface area contributed by atoms with Crippen LogP contribution in [-0.4, -0.2) is 89.9 Å². The number of sulfonamides is 2. The highest BCUT2D eigenvalue weighted by molar-refractivity contribution is 7.89. The molecule has 2 aliphatic rings. The van der Waals surface area contributed by atoms with Crippen LogP contribution in [0, 0.1) is 0 Å². The van der Waals surface area contributed by atoms with Crippen molar-refractivity contribution in [2.24, 2.45) is 0 Å². The fourth-order valence-corrected chi connectivity index (χ4v) is 8.30. The predicted octanol–water partition coefficient (Wildman–Crippen LogP) is 3.82. The molecule has 2 saturated heterocycles. The summed E-state index contributed by atoms with van der Waals surface area (Å²) in [6.45, 7) is 2.63. The van der Waals surface area contributed by atoms with Crippen LogP contribution in [0.3, 0.4) is 0 Å². The van der Waals surface area contributed by atoms with Crippen LogP contribution in [0.2, 0.25) is 0 Å². The van der Waals surface area contributed by atoms with E-state index in [-0.39, 0.29) is 21.6 Å². The first-order valence-electron chi connectivity index (χ1n) is 15.8. The lowest BCUT2D eigenvalue weighted by atomic mass is 10.0. The van der Waals surface area contributed by atoms with Crippen LogP contribution in [-0.2, 0) is 35.9 Å². The SMILES string of the molecule is O=C(Nc1ccc(Cc2ccc(NC(=O)c3ccc(S(=O)(=O)N4CCOCC4)cc3)cc2)cc1)c1ccc(S(=O)(=O)N2CCOCC2)cc1. The number of carbonyl (C=O) groups excluding carboxylic acids is 2. The summed E-state index contributed by atoms with van der Waals surface area (Å²) in [7, 11) is -7.28. The topological polar surface area (TPSA) is 151 Å². The number of nitrogens with zero attached hydrogens (tertiary/aromatic N) is 2. The Morgan fingerprint density at radius 3 is 1.16 bits per heavy atom. The number of hydrogen-bond donors (Lipinski definition) is 2. The number of anilines is 2. The lowest BCUT2D eigenvalue weighted by Gasteiger charge is -2.26. The number of carbonyl (C=O) groups is 2. The van der Waals surface area contributed by atoms with Gasteiger partial charge in [0.2, 0.25) is 20.0 Å². The molecule has 14 heteroatoms. The maximum atomic E-state index is 12.8. The summed E-state index contributed by atoms with van der Waals surface area (Å²) >= 11 is 0. The number of rotatable bonds is 10. The van der Waals surface area contributed by atoms with Crippen molar-refractivity contribution < 1.29 is 35.9 Å². The van der Waals surface area contributed by atoms with Gasteiger partial charge in [0, 0.05) is 48.7 Å². The van der Waals surface area contributed by atoms with E-state index in [2.05, 4.69) is 10.6 Å². The summed E-state index contributed by atoms with van der Waals surface area (Å²) in [6, 6.07) is 26.6. The average Bonchev–Trinajstić information content (AvgIpc) is 3.14. The Kier molecular flexibility index (Phi) is 10.5. The highest BCUT2D eigenvalue weighted by Gasteiger charge is 2.27. The number of morpholine rings is 2. The van der Waals surface area contributed by atoms with Crippen molar-refractivity contribution in [1.82, 2.24) is 8.61 Å². The molecule has 2 aliphatic heterocycles. The molecule has 0 atom stereocenters. The Morgan fingerprint density at radius 1 is 0.510 bits per heavy atom. The molecule has 0 unspecified atom stereocenters. The van der Waals surface area contributed by atoms with Gasteiger partial charge in [-0.1, -0.05) is 24.3 Å². The van der Waals surface area contributed by atoms with Crippen LogP contribution in [0.25, 0.3) is 0 Å². The number of benzene rings is 4. The van der Waals surface area contributed by atoms with Crippen molar-refractivity contribution in [2.45, 2.75) is 16.2 Å². The van der Waals surface area contributed by atoms with E-state index in [0.29, 0.717) is 81.5 Å². The van der Waals surface area contributed by atoms with Crippen molar-refractivity contribution in [3.8, 4) is 0 Å². The third kappa shape index (κ3) is 8.24. The first kappa shape index (κ1) is 34.4. The van der Waals surface area contributed by atoms with Crippen LogP contribution < -0.4 is 10.6 Å². The summed E-state index contributed by atoms with van der Waals surface area (Å²) in [6.07, 6.45) is 0.626. The maximum absolute atomic E-state index is 12.8. The molecule has 12 nitrogen and oxygen atoms in total. The monoisotopic (exact) mass is 704 g/mol. The van der Waals surface area contributed by atoms with Gasteiger partial charge < -0.3 is 20.1 Å². The van der Waals surface area contributed by atoms with Gasteiger partial charge in [0.15, 0.2) is 0 Å². The molecular formula is C35H36N4O8S2. The molecule has 0 aromatic heterocycles. The molecule has 0 bridgehead atoms. The van der Waals surface area contributed by atoms with Crippen molar-refractivity contribution >= 4 is 43.2 Å². The number of nitrogens with one attached hydrogen (secondary N) is 2. The van der Waals surface area contributed by atoms with Crippen molar-refractivity contribution in [2.75, 3.05) is 63.2 Å². The van der Waals surface area contributed by atoms with Gasteiger partial charge in [0.25, 0.3) is 11.8 Å². The zero-order valence-corrected chi connectivity index (χ0v) is 28.2. The van der Waals surface area contributed by atoms with Gasteiger partial charge in [-0.25, -0.2) is 16.8 Å². The van der Waals surface area contributed by atoms with Crippen molar-refractivity contribution in [3.63, 3.8) is 0 Å². The molecule has 0 aliphatic carbocycles. The molecule has 2 fully saturated rings. The lowest BCUT2D eigenvalue weighted by Crippen LogP contribution is -2.40. The number of amides is 2. The van der Waals surface area contributed by atoms with E-state index in [0.717, 1.165) is 11.1 Å². The van der Waals surface area contributed by atoms with E-state index < -0.39 is 20.0 Å². The highest BCUT2D eigenvalue weighted by atomic mass is 32.2. The van der Waals surface area contributed by atoms with Crippen LogP contribution in [0.1, 0.15) is 31.8 Å². The molecule has 0 saturated carbocycles. The minimum absolute atomic E-state index is 0.134. The van der Waals surface area contributed by atoms with Crippen LogP contribution in [0.15, 0.2) is 107 Å². The van der Waals surface area contributed by atoms with Gasteiger partial charge >= 0.3 is 0 Å². The third-order valence-electron chi connectivity index (χ3n) is 8.28. The molecule has 49 heavy (non-hydrogen) atoms. The standard InChI is InChI=1S/C35H36N4O8S2/c40-34(28-5-13-32(14-6-28)48(42,43)38-17-21-46-22-18-38)36-30-9-1-26(2-10-30)25-27-3-11-31(12-4-27)37-35(41)29-7-15-33(16-8-29)49(44,45)39-19-23-47-24-20-39/h1-16H,17-25H2,(H,36,40)(H,37,41). The van der Waals surface area contributed by atoms with Crippen molar-refractivity contribution in [3.05, 3.63) is 119 Å². The molecule has 4 aromatic carbocycles. The van der Waals surface area contributed by atoms with Gasteiger partial charge in [0.05, 0.1) is 36.2 Å². The normalized spacial score (nSPS) is 16.2. The first-order chi connectivity index (χ1) is 23.6. The second-order valence-corrected chi connectivity index (χ2v) is 15.4. The second-order valence-electron chi connectivity index (χ2n) is 11.6. The van der Waals surface area contributed by atoms with Gasteiger partial charge in [-0.05, 0) is 90.3 Å². The number of hydrogen-bond acceptors (Lipinski definition) is 8. The highest BCUT2D eigenvalue weighted by Crippen LogP contribution is 2.21. The minimum atomic E-state index is -3.64. The Labute approximate surface area is 285 Å². The molecule has 256 valence electrons. The fraction of sp³-hybridized carbons (Fsp3) is 0.257. The second kappa shape index (κ2) is 15.0. The van der Waals surface area contributed by atoms with Crippen LogP contribution in [0.5, 0.6) is 0 Å². The van der Waals surface area contributed by atoms with Crippen LogP contribution >= 0.6 is 0 Å². The predicted molar refractivity (Wildman–Crippen MR) is 184 cm³/mol. The van der Waals surface area contributed by atoms with E-state index in [1.807, 2.05) is 24.3 Å². The number of ether oxygens (including phenoxy) is 2. The Balaban J connectivity index is 0.998. The van der Waals surface area contributed by atoms with Gasteiger partial charge in [0.1, 0.15) is 0 Å². The Bertz CT molecular complexity index is 1840. The third-order valence-corrected chi connectivity index (χ3v) is 12.1. The fourth-order valence-electron chi connectivity index (χ4n) is 5.48. The molecule has 6 rings (SSSR count). The van der Waals surface area contributed by atoms with E-state index in [1.54, 1.807) is 24.3 Å². The van der Waals surface area contributed by atoms with Gasteiger partial charge in [-0.3, -0.25) is 9.59 Å². The summed E-state index contributed by atoms with van der Waals surface area (Å²) in [5.74, 6) is -0.704. The summed E-state index contributed by atoms with van der Waals surface area (Å²) in [4.78, 5) is 25.9. The summed E-state index contributed by atoms with van der Waals surface area (Å²) < 4.78 is 64.6. The Morgan fingerprint density at radius 2 is 0.837 bits per heavy atom. The molecule has 0 spiro atoms. The zero-order valence-electron chi connectivity index (χ0n) is 26.6. The van der Waals surface area contributed by atoms with E-state index in [1.165, 1.54) is 57.1 Å². The smallest absolute Gasteiger partial charge is 0.255 e. The maximum Gasteiger partial charge on any atom is 0.255 e. The molecule has 2 N–H and O–H groups in total. The summed E-state index contributed by atoms with van der Waals surface area (Å²) in [5.41, 5.74) is 3.91. The lowest BCUT2D eigenvalue weighted by molar-refractivity contribution is 0.0730. The minimum Gasteiger partial charge on any atom is -0.379 e. The van der Waals surface area contributed by atoms with Gasteiger partial charge in [-0.15, -0.1) is 0 Å². The molecular weight excluding hydrogens is 669 g/mol. The first-order valence-corrected chi connectivity index (χ1v) is 18.6. The van der Waals surface area contributed by atoms with E-state index in [4.69, 9.17) is 9.47 Å². The average molecular weight is 705 g/mol. The molecule has 4 aromatic rings. The van der Waals surface area contributed by atoms with E-state index >= 15 is 0 Å². The van der Waals surface area contributed by atoms with Crippen molar-refractivity contribution in [1.29, 1.82) is 0 Å². The molecule has 2 amide bonds. The quantitative estimate of drug-likeness (QED) is 0.253. The molecule has 0 radical (unpaired) electrons. The largest absolute Gasteiger partial charge is 0.379 e. The molecule has 2 heterocycles. The van der Waals surface area contributed by atoms with E-state index in [9.17, 15) is 26.4 Å².